The predicted molar refractivity (Wildman–Crippen MR) is 115 cm³/mol. The maximum atomic E-state index is 13.5. The fourth-order valence-electron chi connectivity index (χ4n) is 4.22. The van der Waals surface area contributed by atoms with Gasteiger partial charge in [0, 0.05) is 11.4 Å². The molecule has 0 saturated carbocycles. The fraction of sp³-hybridized carbons (Fsp3) is 0.292. The van der Waals surface area contributed by atoms with Gasteiger partial charge in [0.25, 0.3) is 0 Å². The lowest BCUT2D eigenvalue weighted by atomic mass is 9.97. The summed E-state index contributed by atoms with van der Waals surface area (Å²) in [7, 11) is 1.97. The van der Waals surface area contributed by atoms with Crippen LogP contribution in [0.3, 0.4) is 0 Å². The zero-order valence-corrected chi connectivity index (χ0v) is 17.3. The molecule has 1 aromatic heterocycles. The summed E-state index contributed by atoms with van der Waals surface area (Å²) in [6, 6.07) is 20.9. The molecular weight excluding hydrogens is 383 g/mol. The highest BCUT2D eigenvalue weighted by Crippen LogP contribution is 2.35. The lowest BCUT2D eigenvalue weighted by Gasteiger charge is -2.31. The van der Waals surface area contributed by atoms with Crippen molar-refractivity contribution in [3.63, 3.8) is 0 Å². The van der Waals surface area contributed by atoms with Gasteiger partial charge in [-0.1, -0.05) is 48.5 Å². The minimum absolute atomic E-state index is 0.108. The molecule has 5 heteroatoms. The van der Waals surface area contributed by atoms with E-state index in [1.165, 1.54) is 17.0 Å². The predicted octanol–water partition coefficient (Wildman–Crippen LogP) is 5.27. The van der Waals surface area contributed by atoms with Gasteiger partial charge in [-0.15, -0.1) is 11.3 Å². The third-order valence-corrected chi connectivity index (χ3v) is 6.54. The van der Waals surface area contributed by atoms with Crippen molar-refractivity contribution in [3.05, 3.63) is 93.9 Å². The molecule has 3 nitrogen and oxygen atoms in total. The van der Waals surface area contributed by atoms with E-state index in [4.69, 9.17) is 0 Å². The van der Waals surface area contributed by atoms with E-state index in [2.05, 4.69) is 28.5 Å². The summed E-state index contributed by atoms with van der Waals surface area (Å²) in [6.45, 7) is 1.13. The Morgan fingerprint density at radius 3 is 2.52 bits per heavy atom. The quantitative estimate of drug-likeness (QED) is 0.555. The van der Waals surface area contributed by atoms with Crippen LogP contribution in [0.2, 0.25) is 0 Å². The first kappa shape index (κ1) is 19.8. The molecule has 0 bridgehead atoms. The number of carbonyl (C=O) groups excluding carboxylic acids is 1. The second-order valence-electron chi connectivity index (χ2n) is 7.54. The molecule has 0 aliphatic carbocycles. The third-order valence-electron chi connectivity index (χ3n) is 5.57. The van der Waals surface area contributed by atoms with Crippen molar-refractivity contribution >= 4 is 17.2 Å². The lowest BCUT2D eigenvalue weighted by molar-refractivity contribution is -0.133. The highest BCUT2D eigenvalue weighted by molar-refractivity contribution is 7.10. The van der Waals surface area contributed by atoms with Gasteiger partial charge >= 0.3 is 0 Å². The number of benzene rings is 2. The highest BCUT2D eigenvalue weighted by Gasteiger charge is 2.32. The van der Waals surface area contributed by atoms with E-state index in [1.54, 1.807) is 23.5 Å². The van der Waals surface area contributed by atoms with Gasteiger partial charge in [0.05, 0.1) is 18.6 Å². The van der Waals surface area contributed by atoms with E-state index >= 15 is 0 Å². The Morgan fingerprint density at radius 2 is 1.83 bits per heavy atom. The minimum Gasteiger partial charge on any atom is -0.334 e. The van der Waals surface area contributed by atoms with E-state index in [9.17, 15) is 9.18 Å². The number of likely N-dealkylation sites (N-methyl/N-ethyl adjacent to an activating group) is 1. The van der Waals surface area contributed by atoms with Crippen LogP contribution in [-0.2, 0) is 4.79 Å². The molecule has 1 fully saturated rings. The number of amides is 1. The van der Waals surface area contributed by atoms with Crippen molar-refractivity contribution in [2.45, 2.75) is 24.9 Å². The highest BCUT2D eigenvalue weighted by atomic mass is 32.1. The molecule has 2 aromatic carbocycles. The molecule has 1 aliphatic rings. The molecule has 150 valence electrons. The van der Waals surface area contributed by atoms with Gasteiger partial charge in [-0.2, -0.15) is 0 Å². The zero-order chi connectivity index (χ0) is 20.2. The average molecular weight is 409 g/mol. The molecule has 0 spiro atoms. The second kappa shape index (κ2) is 8.89. The molecule has 3 aromatic rings. The van der Waals surface area contributed by atoms with Crippen molar-refractivity contribution in [1.29, 1.82) is 0 Å². The standard InChI is InChI=1S/C24H25FN2OS/c1-26(17-23(28)27-15-5-9-21(27)22-10-6-16-29-22)24(18-7-3-2-4-8-18)19-11-13-20(25)14-12-19/h2-4,6-8,10-14,16,21,24H,5,9,15,17H2,1H3. The number of halogens is 1. The number of hydrogen-bond acceptors (Lipinski definition) is 3. The number of likely N-dealkylation sites (tertiary alicyclic amines) is 1. The van der Waals surface area contributed by atoms with Gasteiger partial charge in [-0.05, 0) is 54.6 Å². The molecule has 2 heterocycles. The van der Waals surface area contributed by atoms with Crippen LogP contribution in [0.5, 0.6) is 0 Å². The van der Waals surface area contributed by atoms with Crippen LogP contribution in [0, 0.1) is 5.82 Å². The zero-order valence-electron chi connectivity index (χ0n) is 16.5. The summed E-state index contributed by atoms with van der Waals surface area (Å²) < 4.78 is 13.5. The van der Waals surface area contributed by atoms with E-state index < -0.39 is 0 Å². The number of rotatable bonds is 6. The summed E-state index contributed by atoms with van der Waals surface area (Å²) in [5.41, 5.74) is 2.06. The first-order valence-electron chi connectivity index (χ1n) is 9.97. The van der Waals surface area contributed by atoms with Crippen molar-refractivity contribution < 1.29 is 9.18 Å². The maximum absolute atomic E-state index is 13.5. The van der Waals surface area contributed by atoms with Crippen LogP contribution < -0.4 is 0 Å². The van der Waals surface area contributed by atoms with Crippen molar-refractivity contribution in [2.24, 2.45) is 0 Å². The normalized spacial score (nSPS) is 17.6. The van der Waals surface area contributed by atoms with Crippen LogP contribution in [0.4, 0.5) is 4.39 Å². The van der Waals surface area contributed by atoms with Gasteiger partial charge in [-0.25, -0.2) is 4.39 Å². The Kier molecular flexibility index (Phi) is 6.07. The molecule has 1 saturated heterocycles. The SMILES string of the molecule is CN(CC(=O)N1CCCC1c1cccs1)C(c1ccccc1)c1ccc(F)cc1. The Balaban J connectivity index is 1.55. The summed E-state index contributed by atoms with van der Waals surface area (Å²) in [6.07, 6.45) is 2.06. The summed E-state index contributed by atoms with van der Waals surface area (Å²) in [4.78, 5) is 18.6. The number of carbonyl (C=O) groups is 1. The van der Waals surface area contributed by atoms with Crippen LogP contribution >= 0.6 is 11.3 Å². The summed E-state index contributed by atoms with van der Waals surface area (Å²) in [5.74, 6) is -0.110. The number of thiophene rings is 1. The Bertz CT molecular complexity index is 927. The van der Waals surface area contributed by atoms with Gasteiger partial charge in [0.1, 0.15) is 5.82 Å². The maximum Gasteiger partial charge on any atom is 0.237 e. The molecule has 4 rings (SSSR count). The average Bonchev–Trinajstić information content (AvgIpc) is 3.42. The Hall–Kier alpha value is -2.50. The lowest BCUT2D eigenvalue weighted by Crippen LogP contribution is -2.40. The molecule has 0 radical (unpaired) electrons. The van der Waals surface area contributed by atoms with E-state index in [-0.39, 0.29) is 23.8 Å². The van der Waals surface area contributed by atoms with Gasteiger partial charge in [0.15, 0.2) is 0 Å². The summed E-state index contributed by atoms with van der Waals surface area (Å²) in [5, 5.41) is 2.07. The van der Waals surface area contributed by atoms with E-state index in [0.29, 0.717) is 6.54 Å². The molecule has 1 amide bonds. The molecule has 0 N–H and O–H groups in total. The van der Waals surface area contributed by atoms with Crippen LogP contribution in [0.25, 0.3) is 0 Å². The molecule has 29 heavy (non-hydrogen) atoms. The first-order chi connectivity index (χ1) is 14.1. The monoisotopic (exact) mass is 408 g/mol. The van der Waals surface area contributed by atoms with Crippen LogP contribution in [-0.4, -0.2) is 35.8 Å². The van der Waals surface area contributed by atoms with Crippen molar-refractivity contribution in [1.82, 2.24) is 9.80 Å². The van der Waals surface area contributed by atoms with Crippen molar-refractivity contribution in [3.8, 4) is 0 Å². The Morgan fingerprint density at radius 1 is 1.10 bits per heavy atom. The topological polar surface area (TPSA) is 23.6 Å². The minimum atomic E-state index is -0.254. The van der Waals surface area contributed by atoms with Gasteiger partial charge in [0.2, 0.25) is 5.91 Å². The third kappa shape index (κ3) is 4.41. The largest absolute Gasteiger partial charge is 0.334 e. The first-order valence-corrected chi connectivity index (χ1v) is 10.8. The van der Waals surface area contributed by atoms with Crippen molar-refractivity contribution in [2.75, 3.05) is 20.1 Å². The van der Waals surface area contributed by atoms with Gasteiger partial charge < -0.3 is 4.90 Å². The molecule has 2 atom stereocenters. The molecular formula is C24H25FN2OS. The molecule has 2 unspecified atom stereocenters. The Labute approximate surface area is 175 Å². The fourth-order valence-corrected chi connectivity index (χ4v) is 5.09. The van der Waals surface area contributed by atoms with Crippen LogP contribution in [0.1, 0.15) is 40.9 Å². The summed E-state index contributed by atoms with van der Waals surface area (Å²) >= 11 is 1.72. The number of hydrogen-bond donors (Lipinski definition) is 0. The van der Waals surface area contributed by atoms with Gasteiger partial charge in [-0.3, -0.25) is 9.69 Å². The van der Waals surface area contributed by atoms with Crippen LogP contribution in [0.15, 0.2) is 72.1 Å². The van der Waals surface area contributed by atoms with E-state index in [1.807, 2.05) is 36.2 Å². The smallest absolute Gasteiger partial charge is 0.237 e. The second-order valence-corrected chi connectivity index (χ2v) is 8.52. The van der Waals surface area contributed by atoms with E-state index in [0.717, 1.165) is 30.5 Å². The molecule has 1 aliphatic heterocycles. The number of nitrogens with zero attached hydrogens (tertiary/aromatic N) is 2.